The summed E-state index contributed by atoms with van der Waals surface area (Å²) in [5, 5.41) is 45.0. The molecule has 1 aromatic carbocycles. The predicted octanol–water partition coefficient (Wildman–Crippen LogP) is 2.03. The summed E-state index contributed by atoms with van der Waals surface area (Å²) in [5.41, 5.74) is 1.66. The lowest BCUT2D eigenvalue weighted by molar-refractivity contribution is -0.231. The molecule has 30 heavy (non-hydrogen) atoms. The van der Waals surface area contributed by atoms with Crippen molar-refractivity contribution in [3.05, 3.63) is 52.8 Å². The van der Waals surface area contributed by atoms with Gasteiger partial charge < -0.3 is 25.2 Å². The van der Waals surface area contributed by atoms with Crippen LogP contribution in [0.1, 0.15) is 49.0 Å². The third kappa shape index (κ3) is 4.42. The van der Waals surface area contributed by atoms with Gasteiger partial charge >= 0.3 is 0 Å². The molecule has 1 aromatic heterocycles. The van der Waals surface area contributed by atoms with Crippen molar-refractivity contribution in [1.82, 2.24) is 9.78 Å². The van der Waals surface area contributed by atoms with Gasteiger partial charge in [0.1, 0.15) is 30.5 Å². The van der Waals surface area contributed by atoms with Gasteiger partial charge in [-0.3, -0.25) is 4.68 Å². The van der Waals surface area contributed by atoms with Crippen molar-refractivity contribution in [2.75, 3.05) is 6.61 Å². The maximum Gasteiger partial charge on any atom is 0.113 e. The van der Waals surface area contributed by atoms with E-state index in [1.54, 1.807) is 12.1 Å². The lowest BCUT2D eigenvalue weighted by Crippen LogP contribution is -2.55. The highest BCUT2D eigenvalue weighted by Crippen LogP contribution is 2.37. The zero-order chi connectivity index (χ0) is 21.3. The third-order valence-electron chi connectivity index (χ3n) is 6.51. The van der Waals surface area contributed by atoms with Crippen molar-refractivity contribution >= 4 is 11.6 Å². The standard InChI is InChI=1S/C22H29ClN2O5/c23-17-7-4-14(22-21(29)20(28)19(27)18(12-26)30-22)11-15(17)10-13-2-5-16(6-3-13)25-9-1-8-24-25/h1,4,7-9,11,13,16,18-22,26-29H,2-3,5-6,10,12H2/t13?,16?,18-,19-,20+,21-,22+/m1/s1. The van der Waals surface area contributed by atoms with Crippen LogP contribution in [0.15, 0.2) is 36.7 Å². The summed E-state index contributed by atoms with van der Waals surface area (Å²) < 4.78 is 7.74. The van der Waals surface area contributed by atoms with Gasteiger partial charge in [-0.2, -0.15) is 5.10 Å². The molecule has 2 aromatic rings. The Morgan fingerprint density at radius 3 is 2.50 bits per heavy atom. The topological polar surface area (TPSA) is 108 Å². The quantitative estimate of drug-likeness (QED) is 0.571. The monoisotopic (exact) mass is 436 g/mol. The van der Waals surface area contributed by atoms with E-state index in [0.717, 1.165) is 37.7 Å². The number of rotatable bonds is 5. The van der Waals surface area contributed by atoms with Crippen molar-refractivity contribution in [2.24, 2.45) is 5.92 Å². The Hall–Kier alpha value is -1.48. The smallest absolute Gasteiger partial charge is 0.113 e. The first-order valence-corrected chi connectivity index (χ1v) is 10.9. The van der Waals surface area contributed by atoms with Gasteiger partial charge in [0.25, 0.3) is 0 Å². The van der Waals surface area contributed by atoms with Gasteiger partial charge in [-0.05, 0) is 61.3 Å². The van der Waals surface area contributed by atoms with Crippen LogP contribution in [-0.2, 0) is 11.2 Å². The molecule has 164 valence electrons. The Labute approximate surface area is 180 Å². The first-order chi connectivity index (χ1) is 14.5. The van der Waals surface area contributed by atoms with Crippen LogP contribution < -0.4 is 0 Å². The van der Waals surface area contributed by atoms with Gasteiger partial charge in [-0.25, -0.2) is 0 Å². The molecule has 2 heterocycles. The van der Waals surface area contributed by atoms with E-state index in [2.05, 4.69) is 5.10 Å². The van der Waals surface area contributed by atoms with Crippen molar-refractivity contribution < 1.29 is 25.2 Å². The summed E-state index contributed by atoms with van der Waals surface area (Å²) in [6, 6.07) is 7.86. The number of hydrogen-bond donors (Lipinski definition) is 4. The lowest BCUT2D eigenvalue weighted by atomic mass is 9.82. The fourth-order valence-electron chi connectivity index (χ4n) is 4.73. The third-order valence-corrected chi connectivity index (χ3v) is 6.88. The summed E-state index contributed by atoms with van der Waals surface area (Å²) in [5.74, 6) is 0.513. The first-order valence-electron chi connectivity index (χ1n) is 10.6. The van der Waals surface area contributed by atoms with Gasteiger partial charge in [0.2, 0.25) is 0 Å². The number of aliphatic hydroxyl groups excluding tert-OH is 4. The van der Waals surface area contributed by atoms with Crippen molar-refractivity contribution in [3.8, 4) is 0 Å². The molecule has 5 atom stereocenters. The molecule has 1 aliphatic carbocycles. The molecule has 2 fully saturated rings. The number of aliphatic hydroxyl groups is 4. The second kappa shape index (κ2) is 9.34. The highest BCUT2D eigenvalue weighted by molar-refractivity contribution is 6.31. The fraction of sp³-hybridized carbons (Fsp3) is 0.591. The van der Waals surface area contributed by atoms with Gasteiger partial charge in [-0.15, -0.1) is 0 Å². The van der Waals surface area contributed by atoms with Gasteiger partial charge in [0.05, 0.1) is 12.6 Å². The van der Waals surface area contributed by atoms with E-state index in [4.69, 9.17) is 16.3 Å². The van der Waals surface area contributed by atoms with Crippen LogP contribution in [0.4, 0.5) is 0 Å². The maximum atomic E-state index is 10.4. The van der Waals surface area contributed by atoms with E-state index in [1.807, 2.05) is 29.2 Å². The van der Waals surface area contributed by atoms with Crippen molar-refractivity contribution in [3.63, 3.8) is 0 Å². The van der Waals surface area contributed by atoms with Crippen LogP contribution in [0.5, 0.6) is 0 Å². The van der Waals surface area contributed by atoms with Gasteiger partial charge in [-0.1, -0.05) is 23.7 Å². The second-order valence-electron chi connectivity index (χ2n) is 8.47. The van der Waals surface area contributed by atoms with Crippen LogP contribution in [0.25, 0.3) is 0 Å². The lowest BCUT2D eigenvalue weighted by Gasteiger charge is -2.40. The second-order valence-corrected chi connectivity index (χ2v) is 8.87. The van der Waals surface area contributed by atoms with E-state index < -0.39 is 37.1 Å². The molecular weight excluding hydrogens is 408 g/mol. The van der Waals surface area contributed by atoms with Crippen LogP contribution >= 0.6 is 11.6 Å². The number of nitrogens with zero attached hydrogens (tertiary/aromatic N) is 2. The van der Waals surface area contributed by atoms with E-state index in [-0.39, 0.29) is 0 Å². The van der Waals surface area contributed by atoms with E-state index >= 15 is 0 Å². The largest absolute Gasteiger partial charge is 0.394 e. The van der Waals surface area contributed by atoms with Crippen molar-refractivity contribution in [1.29, 1.82) is 0 Å². The van der Waals surface area contributed by atoms with Crippen LogP contribution in [0.2, 0.25) is 5.02 Å². The van der Waals surface area contributed by atoms with Crippen LogP contribution in [0, 0.1) is 5.92 Å². The summed E-state index contributed by atoms with van der Waals surface area (Å²) >= 11 is 6.46. The van der Waals surface area contributed by atoms with Crippen LogP contribution in [-0.4, -0.2) is 61.2 Å². The van der Waals surface area contributed by atoms with Crippen molar-refractivity contribution in [2.45, 2.75) is 68.7 Å². The molecule has 1 saturated heterocycles. The zero-order valence-corrected chi connectivity index (χ0v) is 17.5. The summed E-state index contributed by atoms with van der Waals surface area (Å²) in [6.45, 7) is -0.443. The molecule has 0 radical (unpaired) electrons. The zero-order valence-electron chi connectivity index (χ0n) is 16.7. The molecule has 0 amide bonds. The Balaban J connectivity index is 1.45. The van der Waals surface area contributed by atoms with E-state index in [9.17, 15) is 20.4 Å². The van der Waals surface area contributed by atoms with Gasteiger partial charge in [0.15, 0.2) is 0 Å². The molecule has 4 rings (SSSR count). The maximum absolute atomic E-state index is 10.4. The molecule has 0 bridgehead atoms. The predicted molar refractivity (Wildman–Crippen MR) is 111 cm³/mol. The highest BCUT2D eigenvalue weighted by Gasteiger charge is 2.44. The SMILES string of the molecule is OC[C@H]1O[C@@H](c2ccc(Cl)c(CC3CCC(n4cccn4)CC3)c2)[C@H](O)[C@@H](O)[C@@H]1O. The number of ether oxygens (including phenoxy) is 1. The molecular formula is C22H29ClN2O5. The van der Waals surface area contributed by atoms with E-state index in [0.29, 0.717) is 22.5 Å². The summed E-state index contributed by atoms with van der Waals surface area (Å²) in [7, 11) is 0. The minimum absolute atomic E-state index is 0.443. The Morgan fingerprint density at radius 1 is 1.07 bits per heavy atom. The average molecular weight is 437 g/mol. The molecule has 8 heteroatoms. The molecule has 1 saturated carbocycles. The number of halogens is 1. The summed E-state index contributed by atoms with van der Waals surface area (Å²) in [4.78, 5) is 0. The first kappa shape index (κ1) is 21.7. The summed E-state index contributed by atoms with van der Waals surface area (Å²) in [6.07, 6.45) is 3.19. The average Bonchev–Trinajstić information content (AvgIpc) is 3.30. The minimum atomic E-state index is -1.39. The minimum Gasteiger partial charge on any atom is -0.394 e. The number of aromatic nitrogens is 2. The molecule has 7 nitrogen and oxygen atoms in total. The van der Waals surface area contributed by atoms with E-state index in [1.165, 1.54) is 0 Å². The molecule has 4 N–H and O–H groups in total. The molecule has 0 spiro atoms. The normalized spacial score (nSPS) is 34.8. The molecule has 0 unspecified atom stereocenters. The molecule has 2 aliphatic rings. The van der Waals surface area contributed by atoms with Gasteiger partial charge in [0, 0.05) is 17.4 Å². The highest BCUT2D eigenvalue weighted by atomic mass is 35.5. The number of hydrogen-bond acceptors (Lipinski definition) is 6. The Bertz CT molecular complexity index is 823. The van der Waals surface area contributed by atoms with Crippen LogP contribution in [0.3, 0.4) is 0 Å². The fourth-order valence-corrected chi connectivity index (χ4v) is 4.92. The molecule has 1 aliphatic heterocycles. The number of benzene rings is 1. The Kier molecular flexibility index (Phi) is 6.77. The Morgan fingerprint density at radius 2 is 1.83 bits per heavy atom.